The summed E-state index contributed by atoms with van der Waals surface area (Å²) in [5.74, 6) is 0. The van der Waals surface area contributed by atoms with Crippen LogP contribution in [0.15, 0.2) is 41.3 Å². The fourth-order valence-corrected chi connectivity index (χ4v) is 3.58. The highest BCUT2D eigenvalue weighted by Crippen LogP contribution is 2.30. The van der Waals surface area contributed by atoms with E-state index in [4.69, 9.17) is 0 Å². The van der Waals surface area contributed by atoms with Crippen LogP contribution in [0.4, 0.5) is 5.13 Å². The van der Waals surface area contributed by atoms with Crippen LogP contribution in [0.5, 0.6) is 0 Å². The smallest absolute Gasteiger partial charge is 0.206 e. The van der Waals surface area contributed by atoms with Crippen molar-refractivity contribution in [2.24, 2.45) is 0 Å². The van der Waals surface area contributed by atoms with Crippen molar-refractivity contribution in [2.75, 3.05) is 11.9 Å². The largest absolute Gasteiger partial charge is 0.357 e. The minimum Gasteiger partial charge on any atom is -0.357 e. The molecule has 0 unspecified atom stereocenters. The van der Waals surface area contributed by atoms with Crippen molar-refractivity contribution >= 4 is 28.2 Å². The Morgan fingerprint density at radius 1 is 1.43 bits per heavy atom. The SMILES string of the molecule is C=CCNc1nnc(S[C@@H](C#N)Cc2ccc(C)cc2)s1. The predicted molar refractivity (Wildman–Crippen MR) is 88.7 cm³/mol. The molecule has 1 atom stereocenters. The summed E-state index contributed by atoms with van der Waals surface area (Å²) in [6.45, 7) is 6.35. The van der Waals surface area contributed by atoms with Crippen molar-refractivity contribution in [3.05, 3.63) is 48.0 Å². The van der Waals surface area contributed by atoms with E-state index in [1.54, 1.807) is 6.08 Å². The van der Waals surface area contributed by atoms with Crippen molar-refractivity contribution in [2.45, 2.75) is 22.9 Å². The number of nitrogens with zero attached hydrogens (tertiary/aromatic N) is 3. The van der Waals surface area contributed by atoms with Crippen molar-refractivity contribution in [1.82, 2.24) is 10.2 Å². The Labute approximate surface area is 132 Å². The van der Waals surface area contributed by atoms with Crippen LogP contribution in [-0.4, -0.2) is 22.0 Å². The second-order valence-corrected chi connectivity index (χ2v) is 6.90. The van der Waals surface area contributed by atoms with Crippen LogP contribution in [0.25, 0.3) is 0 Å². The monoisotopic (exact) mass is 316 g/mol. The molecule has 1 heterocycles. The van der Waals surface area contributed by atoms with Crippen molar-refractivity contribution in [3.8, 4) is 6.07 Å². The number of hydrogen-bond donors (Lipinski definition) is 1. The van der Waals surface area contributed by atoms with Gasteiger partial charge in [-0.2, -0.15) is 5.26 Å². The van der Waals surface area contributed by atoms with E-state index in [0.29, 0.717) is 13.0 Å². The van der Waals surface area contributed by atoms with Crippen LogP contribution >= 0.6 is 23.1 Å². The fraction of sp³-hybridized carbons (Fsp3) is 0.267. The molecule has 0 saturated carbocycles. The first-order valence-corrected chi connectivity index (χ1v) is 8.21. The fourth-order valence-electron chi connectivity index (χ4n) is 1.66. The summed E-state index contributed by atoms with van der Waals surface area (Å²) >= 11 is 2.92. The Kier molecular flexibility index (Phi) is 5.78. The van der Waals surface area contributed by atoms with Gasteiger partial charge in [-0.1, -0.05) is 59.0 Å². The Hall–Kier alpha value is -1.84. The first kappa shape index (κ1) is 15.5. The number of aryl methyl sites for hydroxylation is 1. The third-order valence-electron chi connectivity index (χ3n) is 2.73. The first-order valence-electron chi connectivity index (χ1n) is 6.51. The lowest BCUT2D eigenvalue weighted by Gasteiger charge is -2.06. The van der Waals surface area contributed by atoms with Gasteiger partial charge in [-0.25, -0.2) is 0 Å². The maximum atomic E-state index is 9.31. The Morgan fingerprint density at radius 3 is 2.86 bits per heavy atom. The minimum absolute atomic E-state index is 0.159. The predicted octanol–water partition coefficient (Wildman–Crippen LogP) is 3.67. The molecule has 4 nitrogen and oxygen atoms in total. The molecule has 1 aromatic heterocycles. The number of aromatic nitrogens is 2. The lowest BCUT2D eigenvalue weighted by atomic mass is 10.1. The van der Waals surface area contributed by atoms with Crippen LogP contribution < -0.4 is 5.32 Å². The minimum atomic E-state index is -0.159. The normalized spacial score (nSPS) is 11.6. The van der Waals surface area contributed by atoms with Crippen LogP contribution in [-0.2, 0) is 6.42 Å². The first-order chi connectivity index (χ1) is 10.2. The summed E-state index contributed by atoms with van der Waals surface area (Å²) in [7, 11) is 0. The molecule has 0 amide bonds. The zero-order chi connectivity index (χ0) is 15.1. The molecule has 0 radical (unpaired) electrons. The molecule has 21 heavy (non-hydrogen) atoms. The van der Waals surface area contributed by atoms with Crippen LogP contribution in [0.2, 0.25) is 0 Å². The highest BCUT2D eigenvalue weighted by Gasteiger charge is 2.14. The van der Waals surface area contributed by atoms with Gasteiger partial charge in [0.15, 0.2) is 4.34 Å². The molecule has 0 bridgehead atoms. The zero-order valence-electron chi connectivity index (χ0n) is 11.7. The Balaban J connectivity index is 1.95. The maximum Gasteiger partial charge on any atom is 0.206 e. The van der Waals surface area contributed by atoms with E-state index in [0.717, 1.165) is 15.0 Å². The second kappa shape index (κ2) is 7.81. The number of hydrogen-bond acceptors (Lipinski definition) is 6. The number of thioether (sulfide) groups is 1. The Bertz CT molecular complexity index is 628. The molecule has 6 heteroatoms. The number of nitriles is 1. The van der Waals surface area contributed by atoms with Gasteiger partial charge in [-0.15, -0.1) is 16.8 Å². The van der Waals surface area contributed by atoms with E-state index >= 15 is 0 Å². The lowest BCUT2D eigenvalue weighted by molar-refractivity contribution is 0.987. The lowest BCUT2D eigenvalue weighted by Crippen LogP contribution is -2.03. The number of rotatable bonds is 7. The highest BCUT2D eigenvalue weighted by atomic mass is 32.2. The van der Waals surface area contributed by atoms with Gasteiger partial charge in [0.05, 0.1) is 6.07 Å². The molecule has 1 N–H and O–H groups in total. The summed E-state index contributed by atoms with van der Waals surface area (Å²) < 4.78 is 0.806. The van der Waals surface area contributed by atoms with Crippen LogP contribution in [0.3, 0.4) is 0 Å². The molecule has 0 saturated heterocycles. The van der Waals surface area contributed by atoms with Crippen molar-refractivity contribution in [1.29, 1.82) is 5.26 Å². The third kappa shape index (κ3) is 4.88. The quantitative estimate of drug-likeness (QED) is 0.624. The van der Waals surface area contributed by atoms with Gasteiger partial charge in [-0.05, 0) is 18.9 Å². The van der Waals surface area contributed by atoms with Crippen molar-refractivity contribution in [3.63, 3.8) is 0 Å². The van der Waals surface area contributed by atoms with E-state index < -0.39 is 0 Å². The number of nitrogens with one attached hydrogen (secondary N) is 1. The number of anilines is 1. The maximum absolute atomic E-state index is 9.31. The standard InChI is InChI=1S/C15H16N4S2/c1-3-8-17-14-18-19-15(21-14)20-13(10-16)9-12-6-4-11(2)5-7-12/h3-7,13H,1,8-9H2,2H3,(H,17,18)/t13-/m1/s1. The summed E-state index contributed by atoms with van der Waals surface area (Å²) in [5.41, 5.74) is 2.39. The molecular weight excluding hydrogens is 300 g/mol. The molecule has 108 valence electrons. The van der Waals surface area contributed by atoms with E-state index in [2.05, 4.69) is 59.4 Å². The average molecular weight is 316 g/mol. The van der Waals surface area contributed by atoms with E-state index in [9.17, 15) is 5.26 Å². The number of benzene rings is 1. The van der Waals surface area contributed by atoms with E-state index in [1.165, 1.54) is 28.7 Å². The molecule has 2 rings (SSSR count). The van der Waals surface area contributed by atoms with Gasteiger partial charge < -0.3 is 5.32 Å². The molecular formula is C15H16N4S2. The third-order valence-corrected chi connectivity index (χ3v) is 4.79. The molecule has 0 spiro atoms. The summed E-state index contributed by atoms with van der Waals surface area (Å²) in [6, 6.07) is 10.6. The summed E-state index contributed by atoms with van der Waals surface area (Å²) in [6.07, 6.45) is 2.47. The zero-order valence-corrected chi connectivity index (χ0v) is 13.4. The summed E-state index contributed by atoms with van der Waals surface area (Å²) in [5, 5.41) is 21.1. The molecule has 0 aliphatic rings. The molecule has 2 aromatic rings. The van der Waals surface area contributed by atoms with Gasteiger partial charge in [0.2, 0.25) is 5.13 Å². The van der Waals surface area contributed by atoms with Gasteiger partial charge in [-0.3, -0.25) is 0 Å². The van der Waals surface area contributed by atoms with Crippen LogP contribution in [0.1, 0.15) is 11.1 Å². The molecule has 0 aliphatic carbocycles. The second-order valence-electron chi connectivity index (χ2n) is 4.47. The molecule has 1 aromatic carbocycles. The van der Waals surface area contributed by atoms with Crippen molar-refractivity contribution < 1.29 is 0 Å². The highest BCUT2D eigenvalue weighted by molar-refractivity contribution is 8.01. The average Bonchev–Trinajstić information content (AvgIpc) is 2.94. The van der Waals surface area contributed by atoms with Gasteiger partial charge in [0.25, 0.3) is 0 Å². The van der Waals surface area contributed by atoms with Crippen LogP contribution in [0, 0.1) is 18.3 Å². The van der Waals surface area contributed by atoms with Gasteiger partial charge in [0.1, 0.15) is 5.25 Å². The van der Waals surface area contributed by atoms with Gasteiger partial charge in [0, 0.05) is 6.54 Å². The van der Waals surface area contributed by atoms with E-state index in [-0.39, 0.29) is 5.25 Å². The van der Waals surface area contributed by atoms with E-state index in [1.807, 2.05) is 0 Å². The summed E-state index contributed by atoms with van der Waals surface area (Å²) in [4.78, 5) is 0. The van der Waals surface area contributed by atoms with Gasteiger partial charge >= 0.3 is 0 Å². The topological polar surface area (TPSA) is 61.6 Å². The molecule has 0 aliphatic heterocycles. The Morgan fingerprint density at radius 2 is 2.19 bits per heavy atom. The molecule has 0 fully saturated rings.